The maximum absolute atomic E-state index is 3.77. The van der Waals surface area contributed by atoms with Crippen LogP contribution in [-0.4, -0.2) is 6.04 Å². The first-order valence-electron chi connectivity index (χ1n) is 6.31. The number of nitrogens with one attached hydrogen (secondary N) is 1. The number of para-hydroxylation sites is 1. The Morgan fingerprint density at radius 2 is 2.11 bits per heavy atom. The molecule has 18 heavy (non-hydrogen) atoms. The summed E-state index contributed by atoms with van der Waals surface area (Å²) in [6.45, 7) is 5.99. The summed E-state index contributed by atoms with van der Waals surface area (Å²) < 4.78 is 0. The molecule has 0 spiro atoms. The minimum Gasteiger partial charge on any atom is -0.382 e. The molecule has 0 aliphatic carbocycles. The van der Waals surface area contributed by atoms with E-state index in [9.17, 15) is 0 Å². The molecule has 2 aromatic rings. The monoisotopic (exact) mass is 257 g/mol. The standard InChI is InChI=1S/C16H19NS/c1-3-4-8-13(2)17-15-10-6-5-9-14(15)16-11-7-12-18-16/h3,5-7,9-13,17H,1,4,8H2,2H3. The molecule has 2 rings (SSSR count). The van der Waals surface area contributed by atoms with Gasteiger partial charge in [0.1, 0.15) is 0 Å². The van der Waals surface area contributed by atoms with Gasteiger partial charge in [0.05, 0.1) is 0 Å². The van der Waals surface area contributed by atoms with Crippen LogP contribution in [0.4, 0.5) is 5.69 Å². The van der Waals surface area contributed by atoms with Crippen molar-refractivity contribution in [3.05, 3.63) is 54.4 Å². The van der Waals surface area contributed by atoms with Gasteiger partial charge in [-0.1, -0.05) is 30.3 Å². The zero-order valence-electron chi connectivity index (χ0n) is 10.7. The summed E-state index contributed by atoms with van der Waals surface area (Å²) in [6.07, 6.45) is 4.14. The molecule has 2 heteroatoms. The number of anilines is 1. The van der Waals surface area contributed by atoms with Crippen molar-refractivity contribution in [2.75, 3.05) is 5.32 Å². The number of allylic oxidation sites excluding steroid dienone is 1. The molecule has 1 nitrogen and oxygen atoms in total. The van der Waals surface area contributed by atoms with Crippen molar-refractivity contribution in [1.82, 2.24) is 0 Å². The van der Waals surface area contributed by atoms with Gasteiger partial charge in [0, 0.05) is 22.2 Å². The Morgan fingerprint density at radius 1 is 1.28 bits per heavy atom. The third-order valence-electron chi connectivity index (χ3n) is 2.92. The van der Waals surface area contributed by atoms with Crippen LogP contribution in [0.1, 0.15) is 19.8 Å². The van der Waals surface area contributed by atoms with Crippen LogP contribution >= 0.6 is 11.3 Å². The Kier molecular flexibility index (Phi) is 4.59. The number of benzene rings is 1. The van der Waals surface area contributed by atoms with Crippen LogP contribution in [0.25, 0.3) is 10.4 Å². The van der Waals surface area contributed by atoms with Crippen molar-refractivity contribution in [3.63, 3.8) is 0 Å². The maximum Gasteiger partial charge on any atom is 0.0430 e. The second-order valence-electron chi connectivity index (χ2n) is 4.43. The predicted octanol–water partition coefficient (Wildman–Crippen LogP) is 5.18. The number of hydrogen-bond donors (Lipinski definition) is 1. The van der Waals surface area contributed by atoms with E-state index in [4.69, 9.17) is 0 Å². The lowest BCUT2D eigenvalue weighted by atomic mass is 10.1. The zero-order valence-corrected chi connectivity index (χ0v) is 11.5. The van der Waals surface area contributed by atoms with Crippen LogP contribution in [-0.2, 0) is 0 Å². The topological polar surface area (TPSA) is 12.0 Å². The molecule has 0 fully saturated rings. The van der Waals surface area contributed by atoms with Gasteiger partial charge in [-0.25, -0.2) is 0 Å². The number of rotatable bonds is 6. The maximum atomic E-state index is 3.77. The van der Waals surface area contributed by atoms with E-state index in [2.05, 4.69) is 60.6 Å². The highest BCUT2D eigenvalue weighted by Crippen LogP contribution is 2.31. The fourth-order valence-electron chi connectivity index (χ4n) is 1.96. The summed E-state index contributed by atoms with van der Waals surface area (Å²) in [6, 6.07) is 13.2. The minimum absolute atomic E-state index is 0.462. The van der Waals surface area contributed by atoms with Crippen LogP contribution in [0.3, 0.4) is 0 Å². The highest BCUT2D eigenvalue weighted by molar-refractivity contribution is 7.13. The van der Waals surface area contributed by atoms with E-state index in [-0.39, 0.29) is 0 Å². The highest BCUT2D eigenvalue weighted by atomic mass is 32.1. The molecular formula is C16H19NS. The van der Waals surface area contributed by atoms with Crippen molar-refractivity contribution in [2.24, 2.45) is 0 Å². The molecule has 0 bridgehead atoms. The average molecular weight is 257 g/mol. The normalized spacial score (nSPS) is 12.1. The molecule has 0 aliphatic heterocycles. The number of thiophene rings is 1. The van der Waals surface area contributed by atoms with E-state index in [1.54, 1.807) is 11.3 Å². The lowest BCUT2D eigenvalue weighted by Crippen LogP contribution is -2.15. The Hall–Kier alpha value is -1.54. The fraction of sp³-hybridized carbons (Fsp3) is 0.250. The molecule has 0 saturated carbocycles. The summed E-state index contributed by atoms with van der Waals surface area (Å²) in [7, 11) is 0. The quantitative estimate of drug-likeness (QED) is 0.703. The molecule has 0 aliphatic rings. The van der Waals surface area contributed by atoms with Crippen LogP contribution < -0.4 is 5.32 Å². The van der Waals surface area contributed by atoms with Gasteiger partial charge in [0.25, 0.3) is 0 Å². The molecule has 1 atom stereocenters. The number of hydrogen-bond acceptors (Lipinski definition) is 2. The Bertz CT molecular complexity index is 488. The smallest absolute Gasteiger partial charge is 0.0430 e. The highest BCUT2D eigenvalue weighted by Gasteiger charge is 2.07. The van der Waals surface area contributed by atoms with Crippen molar-refractivity contribution >= 4 is 17.0 Å². The summed E-state index contributed by atoms with van der Waals surface area (Å²) >= 11 is 1.78. The first-order chi connectivity index (χ1) is 8.81. The first kappa shape index (κ1) is 12.9. The molecule has 1 heterocycles. The van der Waals surface area contributed by atoms with Crippen LogP contribution in [0.2, 0.25) is 0 Å². The second-order valence-corrected chi connectivity index (χ2v) is 5.38. The third-order valence-corrected chi connectivity index (χ3v) is 3.82. The summed E-state index contributed by atoms with van der Waals surface area (Å²) in [5, 5.41) is 5.71. The van der Waals surface area contributed by atoms with Crippen LogP contribution in [0.15, 0.2) is 54.4 Å². The Morgan fingerprint density at radius 3 is 2.83 bits per heavy atom. The Labute approximate surface area is 113 Å². The zero-order chi connectivity index (χ0) is 12.8. The average Bonchev–Trinajstić information content (AvgIpc) is 2.91. The first-order valence-corrected chi connectivity index (χ1v) is 7.19. The fourth-order valence-corrected chi connectivity index (χ4v) is 2.73. The molecular weight excluding hydrogens is 238 g/mol. The van der Waals surface area contributed by atoms with Gasteiger partial charge < -0.3 is 5.32 Å². The molecule has 1 aromatic heterocycles. The summed E-state index contributed by atoms with van der Waals surface area (Å²) in [5.41, 5.74) is 2.51. The van der Waals surface area contributed by atoms with Gasteiger partial charge in [0.15, 0.2) is 0 Å². The molecule has 0 radical (unpaired) electrons. The van der Waals surface area contributed by atoms with E-state index < -0.39 is 0 Å². The second kappa shape index (κ2) is 6.41. The predicted molar refractivity (Wildman–Crippen MR) is 82.3 cm³/mol. The van der Waals surface area contributed by atoms with Gasteiger partial charge in [0.2, 0.25) is 0 Å². The van der Waals surface area contributed by atoms with Crippen molar-refractivity contribution in [3.8, 4) is 10.4 Å². The lowest BCUT2D eigenvalue weighted by molar-refractivity contribution is 0.719. The van der Waals surface area contributed by atoms with E-state index in [1.807, 2.05) is 6.08 Å². The Balaban J connectivity index is 2.15. The van der Waals surface area contributed by atoms with Crippen LogP contribution in [0.5, 0.6) is 0 Å². The molecule has 0 amide bonds. The van der Waals surface area contributed by atoms with Crippen LogP contribution in [0, 0.1) is 0 Å². The van der Waals surface area contributed by atoms with E-state index in [1.165, 1.54) is 16.1 Å². The van der Waals surface area contributed by atoms with Gasteiger partial charge >= 0.3 is 0 Å². The lowest BCUT2D eigenvalue weighted by Gasteiger charge is -2.17. The van der Waals surface area contributed by atoms with Crippen molar-refractivity contribution in [1.29, 1.82) is 0 Å². The molecule has 1 N–H and O–H groups in total. The summed E-state index contributed by atoms with van der Waals surface area (Å²) in [5.74, 6) is 0. The van der Waals surface area contributed by atoms with Crippen molar-refractivity contribution < 1.29 is 0 Å². The van der Waals surface area contributed by atoms with Gasteiger partial charge in [-0.2, -0.15) is 0 Å². The molecule has 1 unspecified atom stereocenters. The van der Waals surface area contributed by atoms with E-state index in [0.717, 1.165) is 12.8 Å². The molecule has 94 valence electrons. The SMILES string of the molecule is C=CCCC(C)Nc1ccccc1-c1cccs1. The van der Waals surface area contributed by atoms with Gasteiger partial charge in [-0.3, -0.25) is 0 Å². The van der Waals surface area contributed by atoms with Crippen molar-refractivity contribution in [2.45, 2.75) is 25.8 Å². The minimum atomic E-state index is 0.462. The van der Waals surface area contributed by atoms with Gasteiger partial charge in [-0.15, -0.1) is 17.9 Å². The molecule has 0 saturated heterocycles. The molecule has 1 aromatic carbocycles. The van der Waals surface area contributed by atoms with Gasteiger partial charge in [-0.05, 0) is 37.3 Å². The summed E-state index contributed by atoms with van der Waals surface area (Å²) in [4.78, 5) is 1.31. The third kappa shape index (κ3) is 3.23. The largest absolute Gasteiger partial charge is 0.382 e. The van der Waals surface area contributed by atoms with E-state index in [0.29, 0.717) is 6.04 Å². The van der Waals surface area contributed by atoms with E-state index >= 15 is 0 Å².